The summed E-state index contributed by atoms with van der Waals surface area (Å²) in [5.74, 6) is 0.392. The van der Waals surface area contributed by atoms with E-state index in [9.17, 15) is 4.39 Å². The molecule has 2 N–H and O–H groups in total. The monoisotopic (exact) mass is 273 g/mol. The fourth-order valence-electron chi connectivity index (χ4n) is 1.42. The molecule has 1 aromatic carbocycles. The molecule has 1 aromatic rings. The van der Waals surface area contributed by atoms with Gasteiger partial charge in [-0.3, -0.25) is 0 Å². The van der Waals surface area contributed by atoms with Gasteiger partial charge in [-0.05, 0) is 52.4 Å². The van der Waals surface area contributed by atoms with E-state index in [1.165, 1.54) is 6.07 Å². The molecule has 0 aliphatic rings. The first-order chi connectivity index (χ1) is 7.00. The minimum Gasteiger partial charge on any atom is -0.324 e. The van der Waals surface area contributed by atoms with E-state index in [0.717, 1.165) is 18.4 Å². The number of hydrogen-bond donors (Lipinski definition) is 1. The Labute approximate surface area is 99.0 Å². The summed E-state index contributed by atoms with van der Waals surface area (Å²) in [5, 5.41) is 0. The molecule has 1 rings (SSSR count). The lowest BCUT2D eigenvalue weighted by molar-refractivity contribution is 0.505. The van der Waals surface area contributed by atoms with Gasteiger partial charge < -0.3 is 5.73 Å². The normalized spacial score (nSPS) is 13.2. The SMILES string of the molecule is CC(C)CC[C@H](N)c1ccc(Br)c(F)c1. The summed E-state index contributed by atoms with van der Waals surface area (Å²) in [6.07, 6.45) is 1.97. The second-order valence-electron chi connectivity index (χ2n) is 4.25. The molecule has 0 spiro atoms. The van der Waals surface area contributed by atoms with Crippen LogP contribution in [0, 0.1) is 11.7 Å². The predicted octanol–water partition coefficient (Wildman–Crippen LogP) is 4.02. The molecule has 0 aliphatic heterocycles. The summed E-state index contributed by atoms with van der Waals surface area (Å²) in [6.45, 7) is 4.32. The van der Waals surface area contributed by atoms with Gasteiger partial charge in [0.05, 0.1) is 4.47 Å². The molecule has 0 saturated carbocycles. The molecule has 0 fully saturated rings. The summed E-state index contributed by atoms with van der Waals surface area (Å²) >= 11 is 3.12. The molecule has 15 heavy (non-hydrogen) atoms. The molecule has 0 aromatic heterocycles. The molecule has 0 radical (unpaired) electrons. The van der Waals surface area contributed by atoms with Crippen molar-refractivity contribution >= 4 is 15.9 Å². The Morgan fingerprint density at radius 3 is 2.53 bits per heavy atom. The minimum atomic E-state index is -0.243. The average molecular weight is 274 g/mol. The van der Waals surface area contributed by atoms with Gasteiger partial charge in [0.1, 0.15) is 5.82 Å². The molecule has 0 heterocycles. The Balaban J connectivity index is 2.65. The topological polar surface area (TPSA) is 26.0 Å². The largest absolute Gasteiger partial charge is 0.324 e. The van der Waals surface area contributed by atoms with Gasteiger partial charge in [-0.15, -0.1) is 0 Å². The van der Waals surface area contributed by atoms with Crippen molar-refractivity contribution in [1.29, 1.82) is 0 Å². The zero-order valence-corrected chi connectivity index (χ0v) is 10.7. The third kappa shape index (κ3) is 3.92. The summed E-state index contributed by atoms with van der Waals surface area (Å²) in [6, 6.07) is 5.03. The lowest BCUT2D eigenvalue weighted by Crippen LogP contribution is -2.11. The Bertz CT molecular complexity index is 325. The molecule has 0 unspecified atom stereocenters. The number of hydrogen-bond acceptors (Lipinski definition) is 1. The first-order valence-corrected chi connectivity index (χ1v) is 6.00. The van der Waals surface area contributed by atoms with Crippen LogP contribution in [0.25, 0.3) is 0 Å². The lowest BCUT2D eigenvalue weighted by atomic mass is 9.98. The molecule has 1 atom stereocenters. The quantitative estimate of drug-likeness (QED) is 0.881. The van der Waals surface area contributed by atoms with E-state index in [-0.39, 0.29) is 11.9 Å². The van der Waals surface area contributed by atoms with Crippen molar-refractivity contribution in [2.24, 2.45) is 11.7 Å². The van der Waals surface area contributed by atoms with Crippen LogP contribution in [-0.4, -0.2) is 0 Å². The van der Waals surface area contributed by atoms with E-state index in [0.29, 0.717) is 10.4 Å². The molecular weight excluding hydrogens is 257 g/mol. The third-order valence-electron chi connectivity index (χ3n) is 2.43. The van der Waals surface area contributed by atoms with Crippen molar-refractivity contribution in [3.63, 3.8) is 0 Å². The fraction of sp³-hybridized carbons (Fsp3) is 0.500. The van der Waals surface area contributed by atoms with Crippen LogP contribution in [0.5, 0.6) is 0 Å². The predicted molar refractivity (Wildman–Crippen MR) is 65.1 cm³/mol. The fourth-order valence-corrected chi connectivity index (χ4v) is 1.67. The maximum atomic E-state index is 13.2. The molecule has 0 amide bonds. The highest BCUT2D eigenvalue weighted by atomic mass is 79.9. The average Bonchev–Trinajstić information content (AvgIpc) is 2.18. The molecule has 0 bridgehead atoms. The van der Waals surface area contributed by atoms with Crippen molar-refractivity contribution in [3.8, 4) is 0 Å². The van der Waals surface area contributed by atoms with E-state index in [4.69, 9.17) is 5.73 Å². The van der Waals surface area contributed by atoms with Crippen LogP contribution in [0.2, 0.25) is 0 Å². The maximum absolute atomic E-state index is 13.2. The zero-order valence-electron chi connectivity index (χ0n) is 9.13. The molecule has 84 valence electrons. The summed E-state index contributed by atoms with van der Waals surface area (Å²) in [5.41, 5.74) is 6.85. The van der Waals surface area contributed by atoms with Crippen LogP contribution in [0.15, 0.2) is 22.7 Å². The van der Waals surface area contributed by atoms with Crippen molar-refractivity contribution in [2.75, 3.05) is 0 Å². The minimum absolute atomic E-state index is 0.0602. The van der Waals surface area contributed by atoms with Gasteiger partial charge in [0.15, 0.2) is 0 Å². The van der Waals surface area contributed by atoms with Gasteiger partial charge in [0.2, 0.25) is 0 Å². The second-order valence-corrected chi connectivity index (χ2v) is 5.11. The van der Waals surface area contributed by atoms with E-state index >= 15 is 0 Å². The maximum Gasteiger partial charge on any atom is 0.137 e. The number of benzene rings is 1. The van der Waals surface area contributed by atoms with Gasteiger partial charge in [0.25, 0.3) is 0 Å². The van der Waals surface area contributed by atoms with E-state index in [1.807, 2.05) is 6.07 Å². The Morgan fingerprint density at radius 2 is 2.00 bits per heavy atom. The highest BCUT2D eigenvalue weighted by Crippen LogP contribution is 2.23. The van der Waals surface area contributed by atoms with Crippen LogP contribution in [-0.2, 0) is 0 Å². The van der Waals surface area contributed by atoms with E-state index in [1.54, 1.807) is 6.07 Å². The summed E-state index contributed by atoms with van der Waals surface area (Å²) in [4.78, 5) is 0. The Morgan fingerprint density at radius 1 is 1.33 bits per heavy atom. The van der Waals surface area contributed by atoms with Crippen molar-refractivity contribution in [1.82, 2.24) is 0 Å². The zero-order chi connectivity index (χ0) is 11.4. The van der Waals surface area contributed by atoms with Crippen molar-refractivity contribution < 1.29 is 4.39 Å². The highest BCUT2D eigenvalue weighted by Gasteiger charge is 2.09. The summed E-state index contributed by atoms with van der Waals surface area (Å²) in [7, 11) is 0. The van der Waals surface area contributed by atoms with Crippen LogP contribution in [0.3, 0.4) is 0 Å². The van der Waals surface area contributed by atoms with Gasteiger partial charge in [0, 0.05) is 6.04 Å². The molecule has 3 heteroatoms. The lowest BCUT2D eigenvalue weighted by Gasteiger charge is -2.13. The van der Waals surface area contributed by atoms with Crippen LogP contribution < -0.4 is 5.73 Å². The van der Waals surface area contributed by atoms with Crippen molar-refractivity contribution in [2.45, 2.75) is 32.7 Å². The van der Waals surface area contributed by atoms with Gasteiger partial charge >= 0.3 is 0 Å². The van der Waals surface area contributed by atoms with Gasteiger partial charge in [-0.1, -0.05) is 19.9 Å². The van der Waals surface area contributed by atoms with Crippen LogP contribution in [0.4, 0.5) is 4.39 Å². The van der Waals surface area contributed by atoms with E-state index in [2.05, 4.69) is 29.8 Å². The molecular formula is C12H17BrFN. The standard InChI is InChI=1S/C12H17BrFN/c1-8(2)3-6-12(15)9-4-5-10(13)11(14)7-9/h4-5,7-8,12H,3,6,15H2,1-2H3/t12-/m0/s1. The van der Waals surface area contributed by atoms with Crippen LogP contribution in [0.1, 0.15) is 38.3 Å². The molecule has 1 nitrogen and oxygen atoms in total. The van der Waals surface area contributed by atoms with Crippen LogP contribution >= 0.6 is 15.9 Å². The summed E-state index contributed by atoms with van der Waals surface area (Å²) < 4.78 is 13.7. The number of halogens is 2. The Kier molecular flexibility index (Phi) is 4.74. The number of nitrogens with two attached hydrogens (primary N) is 1. The molecule has 0 aliphatic carbocycles. The van der Waals surface area contributed by atoms with Crippen molar-refractivity contribution in [3.05, 3.63) is 34.1 Å². The van der Waals surface area contributed by atoms with Gasteiger partial charge in [-0.25, -0.2) is 4.39 Å². The number of rotatable bonds is 4. The van der Waals surface area contributed by atoms with Gasteiger partial charge in [-0.2, -0.15) is 0 Å². The Hall–Kier alpha value is -0.410. The third-order valence-corrected chi connectivity index (χ3v) is 3.07. The highest BCUT2D eigenvalue weighted by molar-refractivity contribution is 9.10. The second kappa shape index (κ2) is 5.61. The van der Waals surface area contributed by atoms with E-state index < -0.39 is 0 Å². The first kappa shape index (κ1) is 12.7. The molecule has 0 saturated heterocycles. The smallest absolute Gasteiger partial charge is 0.137 e. The first-order valence-electron chi connectivity index (χ1n) is 5.21.